The number of hydrogen-bond acceptors (Lipinski definition) is 2. The van der Waals surface area contributed by atoms with E-state index in [9.17, 15) is 5.11 Å². The minimum atomic E-state index is -0.158. The number of aromatic hydroxyl groups is 1. The van der Waals surface area contributed by atoms with Gasteiger partial charge in [-0.15, -0.1) is 0 Å². The molecule has 0 saturated heterocycles. The lowest BCUT2D eigenvalue weighted by atomic mass is 10.0. The molecule has 0 bridgehead atoms. The molecule has 0 aliphatic carbocycles. The summed E-state index contributed by atoms with van der Waals surface area (Å²) in [6.45, 7) is 7.20. The monoisotopic (exact) mass is 216 g/mol. The molecule has 2 N–H and O–H groups in total. The van der Waals surface area contributed by atoms with E-state index in [1.165, 1.54) is 0 Å². The largest absolute Gasteiger partial charge is 0.508 e. The molecule has 0 heterocycles. The Kier molecular flexibility index (Phi) is 4.55. The number of hydrogen-bond donors (Lipinski definition) is 2. The Morgan fingerprint density at radius 2 is 2.06 bits per heavy atom. The van der Waals surface area contributed by atoms with Crippen molar-refractivity contribution in [2.45, 2.75) is 13.0 Å². The number of phenols is 1. The second kappa shape index (κ2) is 5.93. The SMILES string of the molecule is C=C/C=C(\C=C)Cc1ccc(O)c(CO)c1. The summed E-state index contributed by atoms with van der Waals surface area (Å²) in [5.74, 6) is 0.124. The number of aliphatic hydroxyl groups excluding tert-OH is 1. The van der Waals surface area contributed by atoms with Gasteiger partial charge >= 0.3 is 0 Å². The van der Waals surface area contributed by atoms with Crippen molar-refractivity contribution in [1.82, 2.24) is 0 Å². The normalized spacial score (nSPS) is 11.2. The molecular weight excluding hydrogens is 200 g/mol. The molecule has 0 amide bonds. The van der Waals surface area contributed by atoms with Crippen LogP contribution in [0.25, 0.3) is 0 Å². The fourth-order valence-electron chi connectivity index (χ4n) is 1.46. The number of rotatable bonds is 5. The molecule has 0 radical (unpaired) electrons. The van der Waals surface area contributed by atoms with E-state index in [4.69, 9.17) is 5.11 Å². The van der Waals surface area contributed by atoms with Crippen molar-refractivity contribution in [3.8, 4) is 5.75 Å². The summed E-state index contributed by atoms with van der Waals surface area (Å²) in [6, 6.07) is 5.21. The molecule has 84 valence electrons. The zero-order valence-corrected chi connectivity index (χ0v) is 9.19. The van der Waals surface area contributed by atoms with Gasteiger partial charge in [0.2, 0.25) is 0 Å². The quantitative estimate of drug-likeness (QED) is 0.743. The Bertz CT molecular complexity index is 417. The predicted octanol–water partition coefficient (Wildman–Crippen LogP) is 2.73. The third-order valence-corrected chi connectivity index (χ3v) is 2.32. The molecule has 0 spiro atoms. The molecule has 0 saturated carbocycles. The molecule has 0 atom stereocenters. The zero-order valence-electron chi connectivity index (χ0n) is 9.19. The van der Waals surface area contributed by atoms with E-state index in [2.05, 4.69) is 13.2 Å². The summed E-state index contributed by atoms with van der Waals surface area (Å²) in [5.41, 5.74) is 2.61. The summed E-state index contributed by atoms with van der Waals surface area (Å²) in [7, 11) is 0. The molecule has 2 heteroatoms. The zero-order chi connectivity index (χ0) is 12.0. The lowest BCUT2D eigenvalue weighted by molar-refractivity contribution is 0.275. The van der Waals surface area contributed by atoms with Crippen LogP contribution in [0.15, 0.2) is 55.2 Å². The topological polar surface area (TPSA) is 40.5 Å². The van der Waals surface area contributed by atoms with Gasteiger partial charge in [-0.1, -0.05) is 37.5 Å². The van der Waals surface area contributed by atoms with Gasteiger partial charge in [0.15, 0.2) is 0 Å². The summed E-state index contributed by atoms with van der Waals surface area (Å²) in [5, 5.41) is 18.4. The third-order valence-electron chi connectivity index (χ3n) is 2.32. The van der Waals surface area contributed by atoms with E-state index in [1.54, 1.807) is 24.3 Å². The number of aliphatic hydroxyl groups is 1. The van der Waals surface area contributed by atoms with Gasteiger partial charge in [0, 0.05) is 5.56 Å². The third kappa shape index (κ3) is 3.11. The molecular formula is C14H16O2. The van der Waals surface area contributed by atoms with E-state index in [1.807, 2.05) is 12.1 Å². The average molecular weight is 216 g/mol. The van der Waals surface area contributed by atoms with E-state index in [-0.39, 0.29) is 12.4 Å². The van der Waals surface area contributed by atoms with Crippen LogP contribution in [-0.2, 0) is 13.0 Å². The van der Waals surface area contributed by atoms with E-state index in [0.717, 1.165) is 11.1 Å². The first-order valence-corrected chi connectivity index (χ1v) is 5.07. The summed E-state index contributed by atoms with van der Waals surface area (Å²) in [6.07, 6.45) is 6.08. The molecule has 0 aromatic heterocycles. The van der Waals surface area contributed by atoms with Crippen molar-refractivity contribution in [2.75, 3.05) is 0 Å². The molecule has 1 aromatic rings. The van der Waals surface area contributed by atoms with Crippen molar-refractivity contribution in [3.05, 3.63) is 66.3 Å². The van der Waals surface area contributed by atoms with Crippen LogP contribution in [-0.4, -0.2) is 10.2 Å². The van der Waals surface area contributed by atoms with E-state index < -0.39 is 0 Å². The van der Waals surface area contributed by atoms with Crippen LogP contribution >= 0.6 is 0 Å². The highest BCUT2D eigenvalue weighted by Crippen LogP contribution is 2.20. The van der Waals surface area contributed by atoms with Gasteiger partial charge in [0.05, 0.1) is 6.61 Å². The van der Waals surface area contributed by atoms with Gasteiger partial charge in [-0.3, -0.25) is 0 Å². The van der Waals surface area contributed by atoms with Crippen molar-refractivity contribution >= 4 is 0 Å². The minimum Gasteiger partial charge on any atom is -0.508 e. The molecule has 0 fully saturated rings. The van der Waals surface area contributed by atoms with Crippen molar-refractivity contribution in [2.24, 2.45) is 0 Å². The Hall–Kier alpha value is -1.80. The first-order valence-electron chi connectivity index (χ1n) is 5.07. The fourth-order valence-corrected chi connectivity index (χ4v) is 1.46. The molecule has 1 aromatic carbocycles. The van der Waals surface area contributed by atoms with Gasteiger partial charge in [0.1, 0.15) is 5.75 Å². The summed E-state index contributed by atoms with van der Waals surface area (Å²) >= 11 is 0. The maximum Gasteiger partial charge on any atom is 0.121 e. The Morgan fingerprint density at radius 1 is 1.31 bits per heavy atom. The highest BCUT2D eigenvalue weighted by molar-refractivity contribution is 5.38. The summed E-state index contributed by atoms with van der Waals surface area (Å²) in [4.78, 5) is 0. The van der Waals surface area contributed by atoms with Gasteiger partial charge in [0.25, 0.3) is 0 Å². The van der Waals surface area contributed by atoms with Gasteiger partial charge in [-0.2, -0.15) is 0 Å². The van der Waals surface area contributed by atoms with Crippen molar-refractivity contribution in [1.29, 1.82) is 0 Å². The van der Waals surface area contributed by atoms with Crippen LogP contribution in [0.2, 0.25) is 0 Å². The van der Waals surface area contributed by atoms with Crippen LogP contribution in [0, 0.1) is 0 Å². The first kappa shape index (κ1) is 12.3. The summed E-state index contributed by atoms with van der Waals surface area (Å²) < 4.78 is 0. The van der Waals surface area contributed by atoms with Crippen molar-refractivity contribution in [3.63, 3.8) is 0 Å². The van der Waals surface area contributed by atoms with Crippen LogP contribution in [0.4, 0.5) is 0 Å². The van der Waals surface area contributed by atoms with Crippen LogP contribution in [0.5, 0.6) is 5.75 Å². The maximum atomic E-state index is 9.42. The lowest BCUT2D eigenvalue weighted by Gasteiger charge is -2.06. The molecule has 1 rings (SSSR count). The smallest absolute Gasteiger partial charge is 0.121 e. The van der Waals surface area contributed by atoms with E-state index >= 15 is 0 Å². The predicted molar refractivity (Wildman–Crippen MR) is 66.2 cm³/mol. The fraction of sp³-hybridized carbons (Fsp3) is 0.143. The van der Waals surface area contributed by atoms with Gasteiger partial charge < -0.3 is 10.2 Å². The molecule has 0 unspecified atom stereocenters. The van der Waals surface area contributed by atoms with E-state index in [0.29, 0.717) is 12.0 Å². The van der Waals surface area contributed by atoms with Crippen LogP contribution < -0.4 is 0 Å². The molecule has 16 heavy (non-hydrogen) atoms. The maximum absolute atomic E-state index is 9.42. The standard InChI is InChI=1S/C14H16O2/c1-3-5-11(4-2)8-12-6-7-14(16)13(9-12)10-15/h3-7,9,15-16H,1-2,8,10H2/b11-5+. The number of allylic oxidation sites excluding steroid dienone is 4. The highest BCUT2D eigenvalue weighted by atomic mass is 16.3. The highest BCUT2D eigenvalue weighted by Gasteiger charge is 2.02. The molecule has 2 nitrogen and oxygen atoms in total. The van der Waals surface area contributed by atoms with Gasteiger partial charge in [-0.05, 0) is 29.7 Å². The van der Waals surface area contributed by atoms with Crippen LogP contribution in [0.1, 0.15) is 11.1 Å². The number of benzene rings is 1. The van der Waals surface area contributed by atoms with Gasteiger partial charge in [-0.25, -0.2) is 0 Å². The minimum absolute atomic E-state index is 0.124. The Balaban J connectivity index is 2.93. The Morgan fingerprint density at radius 3 is 2.62 bits per heavy atom. The second-order valence-electron chi connectivity index (χ2n) is 3.48. The molecule has 0 aliphatic heterocycles. The van der Waals surface area contributed by atoms with Crippen LogP contribution in [0.3, 0.4) is 0 Å². The first-order chi connectivity index (χ1) is 7.71. The Labute approximate surface area is 95.9 Å². The second-order valence-corrected chi connectivity index (χ2v) is 3.48. The lowest BCUT2D eigenvalue weighted by Crippen LogP contribution is -1.91. The average Bonchev–Trinajstić information content (AvgIpc) is 2.30. The molecule has 0 aliphatic rings. The van der Waals surface area contributed by atoms with Crippen molar-refractivity contribution < 1.29 is 10.2 Å².